The minimum absolute atomic E-state index is 0.181. The quantitative estimate of drug-likeness (QED) is 0.805. The van der Waals surface area contributed by atoms with Gasteiger partial charge in [-0.3, -0.25) is 0 Å². The van der Waals surface area contributed by atoms with Gasteiger partial charge in [-0.15, -0.1) is 0 Å². The van der Waals surface area contributed by atoms with Gasteiger partial charge in [0.2, 0.25) is 0 Å². The van der Waals surface area contributed by atoms with Gasteiger partial charge in [-0.25, -0.2) is 4.79 Å². The van der Waals surface area contributed by atoms with E-state index in [-0.39, 0.29) is 5.69 Å². The van der Waals surface area contributed by atoms with Gasteiger partial charge < -0.3 is 9.97 Å². The fraction of sp³-hybridized carbons (Fsp3) is 0.100. The van der Waals surface area contributed by atoms with Crippen LogP contribution in [0.4, 0.5) is 0 Å². The van der Waals surface area contributed by atoms with E-state index in [4.69, 9.17) is 0 Å². The van der Waals surface area contributed by atoms with Crippen molar-refractivity contribution < 1.29 is 0 Å². The third kappa shape index (κ3) is 1.65. The fourth-order valence-corrected chi connectivity index (χ4v) is 1.72. The second-order valence-corrected chi connectivity index (χ2v) is 4.03. The molecule has 72 valence electrons. The van der Waals surface area contributed by atoms with E-state index >= 15 is 0 Å². The predicted molar refractivity (Wildman–Crippen MR) is 59.3 cm³/mol. The zero-order valence-corrected chi connectivity index (χ0v) is 9.18. The normalized spacial score (nSPS) is 10.4. The lowest BCUT2D eigenvalue weighted by molar-refractivity contribution is 1.19. The zero-order chi connectivity index (χ0) is 10.1. The average Bonchev–Trinajstić information content (AvgIpc) is 2.56. The standard InChI is InChI=1S/C10H9BrN2O/c1-6-2-3-7(11)4-8(6)9-5-12-10(14)13-9/h2-5H,1H3,(H2,12,13,14). The monoisotopic (exact) mass is 252 g/mol. The Hall–Kier alpha value is -1.29. The van der Waals surface area contributed by atoms with Crippen LogP contribution in [0.25, 0.3) is 11.3 Å². The van der Waals surface area contributed by atoms with Gasteiger partial charge in [0.15, 0.2) is 0 Å². The van der Waals surface area contributed by atoms with E-state index in [0.717, 1.165) is 21.3 Å². The summed E-state index contributed by atoms with van der Waals surface area (Å²) >= 11 is 3.40. The Kier molecular flexibility index (Phi) is 2.29. The van der Waals surface area contributed by atoms with Crippen LogP contribution in [0.15, 0.2) is 33.7 Å². The highest BCUT2D eigenvalue weighted by atomic mass is 79.9. The number of benzene rings is 1. The lowest BCUT2D eigenvalue weighted by atomic mass is 10.1. The maximum Gasteiger partial charge on any atom is 0.323 e. The molecule has 0 unspecified atom stereocenters. The maximum absolute atomic E-state index is 10.9. The Labute approximate surface area is 89.3 Å². The Morgan fingerprint density at radius 2 is 2.14 bits per heavy atom. The minimum atomic E-state index is -0.181. The number of aryl methyl sites for hydroxylation is 1. The highest BCUT2D eigenvalue weighted by Gasteiger charge is 2.04. The number of hydrogen-bond donors (Lipinski definition) is 2. The molecule has 4 heteroatoms. The second-order valence-electron chi connectivity index (χ2n) is 3.12. The summed E-state index contributed by atoms with van der Waals surface area (Å²) < 4.78 is 1.00. The molecule has 1 aromatic heterocycles. The number of aromatic nitrogens is 2. The molecular formula is C10H9BrN2O. The second kappa shape index (κ2) is 3.46. The molecule has 0 aliphatic rings. The summed E-state index contributed by atoms with van der Waals surface area (Å²) in [4.78, 5) is 16.3. The summed E-state index contributed by atoms with van der Waals surface area (Å²) in [6.45, 7) is 2.01. The number of hydrogen-bond acceptors (Lipinski definition) is 1. The van der Waals surface area contributed by atoms with Gasteiger partial charge >= 0.3 is 5.69 Å². The van der Waals surface area contributed by atoms with E-state index in [2.05, 4.69) is 25.9 Å². The summed E-state index contributed by atoms with van der Waals surface area (Å²) in [7, 11) is 0. The topological polar surface area (TPSA) is 48.6 Å². The van der Waals surface area contributed by atoms with Crippen molar-refractivity contribution in [1.82, 2.24) is 9.97 Å². The molecule has 2 aromatic rings. The first kappa shape index (κ1) is 9.27. The van der Waals surface area contributed by atoms with Crippen molar-refractivity contribution in [3.05, 3.63) is 44.9 Å². The molecular weight excluding hydrogens is 244 g/mol. The van der Waals surface area contributed by atoms with E-state index in [0.29, 0.717) is 0 Å². The smallest absolute Gasteiger partial charge is 0.312 e. The molecule has 0 aliphatic heterocycles. The Balaban J connectivity index is 2.61. The SMILES string of the molecule is Cc1ccc(Br)cc1-c1c[nH]c(=O)[nH]1. The number of nitrogens with one attached hydrogen (secondary N) is 2. The van der Waals surface area contributed by atoms with Crippen LogP contribution >= 0.6 is 15.9 Å². The van der Waals surface area contributed by atoms with Crippen LogP contribution in [0.5, 0.6) is 0 Å². The number of rotatable bonds is 1. The molecule has 14 heavy (non-hydrogen) atoms. The molecule has 0 aliphatic carbocycles. The largest absolute Gasteiger partial charge is 0.323 e. The van der Waals surface area contributed by atoms with Crippen LogP contribution in [-0.2, 0) is 0 Å². The molecule has 0 spiro atoms. The van der Waals surface area contributed by atoms with E-state index in [1.54, 1.807) is 6.20 Å². The van der Waals surface area contributed by atoms with Crippen molar-refractivity contribution in [2.24, 2.45) is 0 Å². The summed E-state index contributed by atoms with van der Waals surface area (Å²) in [6.07, 6.45) is 1.68. The number of aromatic amines is 2. The van der Waals surface area contributed by atoms with Crippen molar-refractivity contribution in [3.63, 3.8) is 0 Å². The lowest BCUT2D eigenvalue weighted by Crippen LogP contribution is -2.00. The van der Waals surface area contributed by atoms with E-state index in [9.17, 15) is 4.79 Å². The molecule has 0 amide bonds. The first-order chi connectivity index (χ1) is 6.66. The fourth-order valence-electron chi connectivity index (χ4n) is 1.36. The first-order valence-electron chi connectivity index (χ1n) is 4.21. The van der Waals surface area contributed by atoms with E-state index < -0.39 is 0 Å². The third-order valence-electron chi connectivity index (χ3n) is 2.09. The Morgan fingerprint density at radius 1 is 1.36 bits per heavy atom. The number of H-pyrrole nitrogens is 2. The van der Waals surface area contributed by atoms with Crippen molar-refractivity contribution in [2.45, 2.75) is 6.92 Å². The van der Waals surface area contributed by atoms with Crippen LogP contribution in [0.3, 0.4) is 0 Å². The van der Waals surface area contributed by atoms with E-state index in [1.165, 1.54) is 0 Å². The van der Waals surface area contributed by atoms with Crippen LogP contribution in [0.1, 0.15) is 5.56 Å². The van der Waals surface area contributed by atoms with Crippen LogP contribution in [0, 0.1) is 6.92 Å². The van der Waals surface area contributed by atoms with Crippen molar-refractivity contribution in [2.75, 3.05) is 0 Å². The summed E-state index contributed by atoms with van der Waals surface area (Å²) in [5.74, 6) is 0. The molecule has 2 N–H and O–H groups in total. The van der Waals surface area contributed by atoms with Gasteiger partial charge in [0.05, 0.1) is 5.69 Å². The van der Waals surface area contributed by atoms with Gasteiger partial charge in [-0.1, -0.05) is 22.0 Å². The van der Waals surface area contributed by atoms with Crippen molar-refractivity contribution >= 4 is 15.9 Å². The van der Waals surface area contributed by atoms with Crippen molar-refractivity contribution in [3.8, 4) is 11.3 Å². The highest BCUT2D eigenvalue weighted by molar-refractivity contribution is 9.10. The van der Waals surface area contributed by atoms with Gasteiger partial charge in [0.25, 0.3) is 0 Å². The number of halogens is 1. The van der Waals surface area contributed by atoms with Crippen LogP contribution < -0.4 is 5.69 Å². The Bertz CT molecular complexity index is 513. The highest BCUT2D eigenvalue weighted by Crippen LogP contribution is 2.23. The van der Waals surface area contributed by atoms with Gasteiger partial charge in [-0.05, 0) is 24.6 Å². The maximum atomic E-state index is 10.9. The van der Waals surface area contributed by atoms with Gasteiger partial charge in [-0.2, -0.15) is 0 Å². The summed E-state index contributed by atoms with van der Waals surface area (Å²) in [6, 6.07) is 5.96. The molecule has 0 atom stereocenters. The molecule has 0 saturated heterocycles. The third-order valence-corrected chi connectivity index (χ3v) is 2.58. The van der Waals surface area contributed by atoms with Gasteiger partial charge in [0, 0.05) is 16.2 Å². The molecule has 1 aromatic carbocycles. The molecule has 0 fully saturated rings. The molecule has 3 nitrogen and oxygen atoms in total. The first-order valence-corrected chi connectivity index (χ1v) is 5.00. The molecule has 2 rings (SSSR count). The molecule has 0 saturated carbocycles. The van der Waals surface area contributed by atoms with Crippen LogP contribution in [0.2, 0.25) is 0 Å². The average molecular weight is 253 g/mol. The van der Waals surface area contributed by atoms with Crippen LogP contribution in [-0.4, -0.2) is 9.97 Å². The summed E-state index contributed by atoms with van der Waals surface area (Å²) in [5, 5.41) is 0. The Morgan fingerprint density at radius 3 is 2.79 bits per heavy atom. The number of imidazole rings is 1. The van der Waals surface area contributed by atoms with Gasteiger partial charge in [0.1, 0.15) is 0 Å². The minimum Gasteiger partial charge on any atom is -0.312 e. The lowest BCUT2D eigenvalue weighted by Gasteiger charge is -2.02. The summed E-state index contributed by atoms with van der Waals surface area (Å²) in [5.41, 5.74) is 2.79. The molecule has 0 radical (unpaired) electrons. The van der Waals surface area contributed by atoms with E-state index in [1.807, 2.05) is 25.1 Å². The molecule has 1 heterocycles. The molecule has 0 bridgehead atoms. The predicted octanol–water partition coefficient (Wildman–Crippen LogP) is 2.44. The van der Waals surface area contributed by atoms with Crippen molar-refractivity contribution in [1.29, 1.82) is 0 Å². The zero-order valence-electron chi connectivity index (χ0n) is 7.60.